The van der Waals surface area contributed by atoms with Crippen LogP contribution in [0, 0.1) is 0 Å². The van der Waals surface area contributed by atoms with E-state index < -0.39 is 0 Å². The van der Waals surface area contributed by atoms with Crippen LogP contribution in [0.25, 0.3) is 11.7 Å². The summed E-state index contributed by atoms with van der Waals surface area (Å²) in [5, 5.41) is 0. The highest BCUT2D eigenvalue weighted by molar-refractivity contribution is 8.26. The van der Waals surface area contributed by atoms with Gasteiger partial charge in [0.25, 0.3) is 11.5 Å². The van der Waals surface area contributed by atoms with Crippen LogP contribution in [0.2, 0.25) is 0 Å². The average molecular weight is 555 g/mol. The van der Waals surface area contributed by atoms with E-state index in [0.29, 0.717) is 44.3 Å². The SMILES string of the molecule is O=C1C(=Cc2c(N3CCCc4ccccc43)nc3ccccn3c2=O)SC(=S)N1Cc1ccc2c(c1)OCO2. The molecule has 0 bridgehead atoms. The third kappa shape index (κ3) is 4.16. The molecule has 7 rings (SSSR count). The first-order chi connectivity index (χ1) is 19.1. The van der Waals surface area contributed by atoms with Crippen molar-refractivity contribution in [2.45, 2.75) is 19.4 Å². The van der Waals surface area contributed by atoms with Crippen LogP contribution in [-0.4, -0.2) is 37.8 Å². The number of carbonyl (C=O) groups excluding carboxylic acids is 1. The van der Waals surface area contributed by atoms with Gasteiger partial charge in [0.15, 0.2) is 11.5 Å². The predicted molar refractivity (Wildman–Crippen MR) is 155 cm³/mol. The lowest BCUT2D eigenvalue weighted by Gasteiger charge is -2.31. The Morgan fingerprint density at radius 2 is 1.87 bits per heavy atom. The Bertz CT molecular complexity index is 1770. The Balaban J connectivity index is 1.30. The molecule has 2 aromatic heterocycles. The molecule has 1 fully saturated rings. The average Bonchev–Trinajstić information content (AvgIpc) is 3.53. The molecular weight excluding hydrogens is 532 g/mol. The predicted octanol–water partition coefficient (Wildman–Crippen LogP) is 4.91. The van der Waals surface area contributed by atoms with Gasteiger partial charge in [0.05, 0.1) is 17.0 Å². The van der Waals surface area contributed by atoms with E-state index >= 15 is 0 Å². The third-order valence-electron chi connectivity index (χ3n) is 7.04. The summed E-state index contributed by atoms with van der Waals surface area (Å²) in [6.45, 7) is 1.19. The van der Waals surface area contributed by atoms with Crippen molar-refractivity contribution in [2.24, 2.45) is 0 Å². The van der Waals surface area contributed by atoms with Gasteiger partial charge < -0.3 is 14.4 Å². The number of aromatic nitrogens is 2. The normalized spacial score (nSPS) is 17.4. The molecule has 0 saturated carbocycles. The third-order valence-corrected chi connectivity index (χ3v) is 8.42. The van der Waals surface area contributed by atoms with E-state index in [4.69, 9.17) is 26.7 Å². The maximum atomic E-state index is 13.8. The highest BCUT2D eigenvalue weighted by atomic mass is 32.2. The lowest BCUT2D eigenvalue weighted by Crippen LogP contribution is -2.30. The minimum absolute atomic E-state index is 0.182. The number of pyridine rings is 1. The van der Waals surface area contributed by atoms with Gasteiger partial charge in [0.1, 0.15) is 15.8 Å². The van der Waals surface area contributed by atoms with E-state index in [0.717, 1.165) is 30.6 Å². The summed E-state index contributed by atoms with van der Waals surface area (Å²) in [4.78, 5) is 36.3. The number of thioether (sulfide) groups is 1. The summed E-state index contributed by atoms with van der Waals surface area (Å²) >= 11 is 6.79. The summed E-state index contributed by atoms with van der Waals surface area (Å²) in [5.41, 5.74) is 3.78. The van der Waals surface area contributed by atoms with Crippen LogP contribution < -0.4 is 19.9 Å². The number of anilines is 2. The summed E-state index contributed by atoms with van der Waals surface area (Å²) in [6.07, 6.45) is 5.25. The highest BCUT2D eigenvalue weighted by Crippen LogP contribution is 2.38. The molecule has 0 atom stereocenters. The number of fused-ring (bicyclic) bond motifs is 3. The molecule has 0 radical (unpaired) electrons. The smallest absolute Gasteiger partial charge is 0.267 e. The van der Waals surface area contributed by atoms with Crippen molar-refractivity contribution in [3.8, 4) is 11.5 Å². The Morgan fingerprint density at radius 3 is 2.79 bits per heavy atom. The van der Waals surface area contributed by atoms with Gasteiger partial charge in [-0.25, -0.2) is 4.98 Å². The minimum Gasteiger partial charge on any atom is -0.454 e. The van der Waals surface area contributed by atoms with Crippen LogP contribution in [0.15, 0.2) is 76.6 Å². The molecule has 0 aliphatic carbocycles. The highest BCUT2D eigenvalue weighted by Gasteiger charge is 2.34. The number of ether oxygens (including phenoxy) is 2. The number of para-hydroxylation sites is 1. The lowest BCUT2D eigenvalue weighted by molar-refractivity contribution is -0.122. The largest absolute Gasteiger partial charge is 0.454 e. The Hall–Kier alpha value is -4.15. The van der Waals surface area contributed by atoms with E-state index in [1.807, 2.05) is 42.5 Å². The van der Waals surface area contributed by atoms with Gasteiger partial charge in [0.2, 0.25) is 6.79 Å². The quantitative estimate of drug-likeness (QED) is 0.260. The number of thiocarbonyl (C=S) groups is 1. The summed E-state index contributed by atoms with van der Waals surface area (Å²) in [5.74, 6) is 1.62. The summed E-state index contributed by atoms with van der Waals surface area (Å²) < 4.78 is 12.8. The molecule has 1 amide bonds. The number of carbonyl (C=O) groups is 1. The number of hydrogen-bond donors (Lipinski definition) is 0. The van der Waals surface area contributed by atoms with Gasteiger partial charge in [-0.2, -0.15) is 0 Å². The lowest BCUT2D eigenvalue weighted by atomic mass is 10.0. The number of nitrogens with zero attached hydrogens (tertiary/aromatic N) is 4. The molecule has 0 spiro atoms. The van der Waals surface area contributed by atoms with Gasteiger partial charge in [0, 0.05) is 18.4 Å². The van der Waals surface area contributed by atoms with Gasteiger partial charge >= 0.3 is 0 Å². The molecule has 2 aromatic carbocycles. The first-order valence-electron chi connectivity index (χ1n) is 12.6. The monoisotopic (exact) mass is 554 g/mol. The number of amides is 1. The topological polar surface area (TPSA) is 76.4 Å². The maximum Gasteiger partial charge on any atom is 0.267 e. The zero-order valence-electron chi connectivity index (χ0n) is 20.7. The standard InChI is InChI=1S/C29H22N4O4S2/c34-27-20(15-24-28(35)33(29(38)39-24)16-18-10-11-22-23(14-18)37-17-36-22)26(30-25-9-3-4-12-32(25)27)31-13-5-7-19-6-1-2-8-21(19)31/h1-4,6,8-12,14-15H,5,7,13,16-17H2. The second-order valence-electron chi connectivity index (χ2n) is 9.42. The first kappa shape index (κ1) is 23.9. The van der Waals surface area contributed by atoms with Gasteiger partial charge in [-0.05, 0) is 60.4 Å². The molecule has 194 valence electrons. The van der Waals surface area contributed by atoms with E-state index in [9.17, 15) is 9.59 Å². The van der Waals surface area contributed by atoms with E-state index in [1.165, 1.54) is 21.7 Å². The van der Waals surface area contributed by atoms with Gasteiger partial charge in [-0.1, -0.05) is 54.3 Å². The number of aryl methyl sites for hydroxylation is 1. The summed E-state index contributed by atoms with van der Waals surface area (Å²) in [7, 11) is 0. The molecule has 3 aliphatic heterocycles. The second-order valence-corrected chi connectivity index (χ2v) is 11.1. The van der Waals surface area contributed by atoms with Crippen molar-refractivity contribution in [1.29, 1.82) is 0 Å². The molecule has 0 unspecified atom stereocenters. The van der Waals surface area contributed by atoms with E-state index in [2.05, 4.69) is 17.0 Å². The van der Waals surface area contributed by atoms with Crippen LogP contribution in [0.5, 0.6) is 11.5 Å². The fourth-order valence-electron chi connectivity index (χ4n) is 5.17. The van der Waals surface area contributed by atoms with Crippen molar-refractivity contribution in [1.82, 2.24) is 14.3 Å². The van der Waals surface area contributed by atoms with Gasteiger partial charge in [-0.3, -0.25) is 18.9 Å². The van der Waals surface area contributed by atoms with E-state index in [1.54, 1.807) is 23.2 Å². The zero-order chi connectivity index (χ0) is 26.5. The molecule has 5 heterocycles. The molecule has 3 aliphatic rings. The van der Waals surface area contributed by atoms with Crippen molar-refractivity contribution >= 4 is 57.4 Å². The number of benzene rings is 2. The van der Waals surface area contributed by atoms with E-state index in [-0.39, 0.29) is 18.3 Å². The van der Waals surface area contributed by atoms with Crippen LogP contribution in [0.1, 0.15) is 23.1 Å². The van der Waals surface area contributed by atoms with Crippen molar-refractivity contribution < 1.29 is 14.3 Å². The maximum absolute atomic E-state index is 13.8. The van der Waals surface area contributed by atoms with Crippen LogP contribution in [-0.2, 0) is 17.8 Å². The molecule has 4 aromatic rings. The Labute approximate surface area is 233 Å². The molecule has 0 N–H and O–H groups in total. The van der Waals surface area contributed by atoms with Crippen molar-refractivity contribution in [3.63, 3.8) is 0 Å². The molecule has 10 heteroatoms. The molecular formula is C29H22N4O4S2. The minimum atomic E-state index is -0.245. The molecule has 1 saturated heterocycles. The van der Waals surface area contributed by atoms with Crippen molar-refractivity contribution in [2.75, 3.05) is 18.2 Å². The Kier molecular flexibility index (Phi) is 5.86. The van der Waals surface area contributed by atoms with Crippen LogP contribution in [0.3, 0.4) is 0 Å². The zero-order valence-corrected chi connectivity index (χ0v) is 22.3. The molecule has 8 nitrogen and oxygen atoms in total. The summed E-state index contributed by atoms with van der Waals surface area (Å²) in [6, 6.07) is 19.2. The number of hydrogen-bond acceptors (Lipinski definition) is 8. The van der Waals surface area contributed by atoms with Gasteiger partial charge in [-0.15, -0.1) is 0 Å². The van der Waals surface area contributed by atoms with Crippen molar-refractivity contribution in [3.05, 3.63) is 98.8 Å². The van der Waals surface area contributed by atoms with Crippen LogP contribution >= 0.6 is 24.0 Å². The second kappa shape index (κ2) is 9.55. The first-order valence-corrected chi connectivity index (χ1v) is 13.8. The fourth-order valence-corrected chi connectivity index (χ4v) is 6.40. The van der Waals surface area contributed by atoms with Crippen LogP contribution in [0.4, 0.5) is 11.5 Å². The fraction of sp³-hybridized carbons (Fsp3) is 0.172. The molecule has 39 heavy (non-hydrogen) atoms. The number of rotatable bonds is 4. The Morgan fingerprint density at radius 1 is 1.03 bits per heavy atom.